The molecule has 0 radical (unpaired) electrons. The summed E-state index contributed by atoms with van der Waals surface area (Å²) in [5.41, 5.74) is 0.632. The van der Waals surface area contributed by atoms with Gasteiger partial charge in [-0.05, 0) is 29.0 Å². The van der Waals surface area contributed by atoms with Gasteiger partial charge in [0.2, 0.25) is 0 Å². The summed E-state index contributed by atoms with van der Waals surface area (Å²) in [5.74, 6) is 0.110. The molecule has 0 aliphatic heterocycles. The second-order valence-corrected chi connectivity index (χ2v) is 4.19. The van der Waals surface area contributed by atoms with Crippen molar-refractivity contribution in [1.29, 1.82) is 0 Å². The lowest BCUT2D eigenvalue weighted by Gasteiger charge is -2.16. The Labute approximate surface area is 95.6 Å². The number of phenols is 1. The predicted molar refractivity (Wildman–Crippen MR) is 58.1 cm³/mol. The van der Waals surface area contributed by atoms with E-state index in [1.54, 1.807) is 25.2 Å². The third-order valence-electron chi connectivity index (χ3n) is 1.96. The second kappa shape index (κ2) is 5.42. The molecule has 2 nitrogen and oxygen atoms in total. The average Bonchev–Trinajstić information content (AvgIpc) is 2.11. The number of nitrogens with zero attached hydrogens (tertiary/aromatic N) is 1. The Hall–Kier alpha value is -0.680. The van der Waals surface area contributed by atoms with Gasteiger partial charge in [0.25, 0.3) is 6.43 Å². The number of halogens is 3. The quantitative estimate of drug-likeness (QED) is 0.916. The molecule has 5 heteroatoms. The smallest absolute Gasteiger partial charge is 0.251 e. The van der Waals surface area contributed by atoms with Crippen molar-refractivity contribution in [3.05, 3.63) is 28.2 Å². The third kappa shape index (κ3) is 3.76. The molecule has 0 fully saturated rings. The molecule has 0 amide bonds. The van der Waals surface area contributed by atoms with E-state index in [0.29, 0.717) is 16.6 Å². The predicted octanol–water partition coefficient (Wildman–Crippen LogP) is 2.85. The summed E-state index contributed by atoms with van der Waals surface area (Å²) in [6.07, 6.45) is -2.36. The molecule has 0 unspecified atom stereocenters. The van der Waals surface area contributed by atoms with Crippen LogP contribution >= 0.6 is 15.9 Å². The van der Waals surface area contributed by atoms with Crippen LogP contribution < -0.4 is 0 Å². The van der Waals surface area contributed by atoms with Crippen molar-refractivity contribution in [3.8, 4) is 5.75 Å². The molecule has 1 aromatic carbocycles. The lowest BCUT2D eigenvalue weighted by molar-refractivity contribution is 0.0972. The Bertz CT molecular complexity index is 333. The highest BCUT2D eigenvalue weighted by Gasteiger charge is 2.11. The number of hydrogen-bond acceptors (Lipinski definition) is 2. The average molecular weight is 280 g/mol. The fraction of sp³-hybridized carbons (Fsp3) is 0.400. The third-order valence-corrected chi connectivity index (χ3v) is 2.60. The van der Waals surface area contributed by atoms with Crippen molar-refractivity contribution in [3.63, 3.8) is 0 Å². The van der Waals surface area contributed by atoms with Crippen molar-refractivity contribution >= 4 is 15.9 Å². The Kier molecular flexibility index (Phi) is 4.47. The number of rotatable bonds is 4. The van der Waals surface area contributed by atoms with Gasteiger partial charge in [-0.3, -0.25) is 4.90 Å². The van der Waals surface area contributed by atoms with Crippen LogP contribution in [0.2, 0.25) is 0 Å². The second-order valence-electron chi connectivity index (χ2n) is 3.34. The zero-order chi connectivity index (χ0) is 11.4. The SMILES string of the molecule is CN(Cc1cccc(Br)c1O)CC(F)F. The van der Waals surface area contributed by atoms with E-state index in [1.807, 2.05) is 0 Å². The minimum absolute atomic E-state index is 0.110. The fourth-order valence-corrected chi connectivity index (χ4v) is 1.69. The highest BCUT2D eigenvalue weighted by atomic mass is 79.9. The van der Waals surface area contributed by atoms with Crippen LogP contribution in [0, 0.1) is 0 Å². The number of benzene rings is 1. The van der Waals surface area contributed by atoms with Gasteiger partial charge >= 0.3 is 0 Å². The number of phenolic OH excluding ortho intramolecular Hbond substituents is 1. The molecular weight excluding hydrogens is 268 g/mol. The molecule has 0 saturated heterocycles. The van der Waals surface area contributed by atoms with Crippen LogP contribution in [-0.2, 0) is 6.54 Å². The normalized spacial score (nSPS) is 11.3. The minimum atomic E-state index is -2.36. The van der Waals surface area contributed by atoms with E-state index in [9.17, 15) is 13.9 Å². The van der Waals surface area contributed by atoms with E-state index in [2.05, 4.69) is 15.9 Å². The first-order valence-electron chi connectivity index (χ1n) is 4.43. The first-order valence-corrected chi connectivity index (χ1v) is 5.23. The zero-order valence-electron chi connectivity index (χ0n) is 8.25. The molecule has 1 N–H and O–H groups in total. The maximum atomic E-state index is 12.1. The van der Waals surface area contributed by atoms with Crippen LogP contribution in [0.5, 0.6) is 5.75 Å². The molecule has 1 rings (SSSR count). The maximum Gasteiger partial charge on any atom is 0.251 e. The molecule has 0 heterocycles. The summed E-state index contributed by atoms with van der Waals surface area (Å²) in [5, 5.41) is 9.62. The summed E-state index contributed by atoms with van der Waals surface area (Å²) in [4.78, 5) is 1.46. The van der Waals surface area contributed by atoms with Gasteiger partial charge in [-0.25, -0.2) is 8.78 Å². The molecule has 0 saturated carbocycles. The summed E-state index contributed by atoms with van der Waals surface area (Å²) in [6, 6.07) is 5.17. The number of aromatic hydroxyl groups is 1. The van der Waals surface area contributed by atoms with Crippen molar-refractivity contribution in [2.75, 3.05) is 13.6 Å². The molecule has 15 heavy (non-hydrogen) atoms. The Morgan fingerprint density at radius 2 is 2.13 bits per heavy atom. The van der Waals surface area contributed by atoms with Crippen LogP contribution in [0.15, 0.2) is 22.7 Å². The van der Waals surface area contributed by atoms with Gasteiger partial charge in [-0.15, -0.1) is 0 Å². The summed E-state index contributed by atoms with van der Waals surface area (Å²) in [6.45, 7) is 0.00155. The van der Waals surface area contributed by atoms with Crippen LogP contribution in [0.1, 0.15) is 5.56 Å². The van der Waals surface area contributed by atoms with Gasteiger partial charge in [-0.2, -0.15) is 0 Å². The molecule has 0 spiro atoms. The van der Waals surface area contributed by atoms with E-state index in [0.717, 1.165) is 0 Å². The number of hydrogen-bond donors (Lipinski definition) is 1. The van der Waals surface area contributed by atoms with Crippen molar-refractivity contribution in [2.45, 2.75) is 13.0 Å². The van der Waals surface area contributed by atoms with Crippen molar-refractivity contribution in [2.24, 2.45) is 0 Å². The molecule has 1 aromatic rings. The summed E-state index contributed by atoms with van der Waals surface area (Å²) in [7, 11) is 1.59. The fourth-order valence-electron chi connectivity index (χ4n) is 1.28. The first kappa shape index (κ1) is 12.4. The monoisotopic (exact) mass is 279 g/mol. The van der Waals surface area contributed by atoms with Crippen LogP contribution in [0.3, 0.4) is 0 Å². The molecule has 0 bridgehead atoms. The van der Waals surface area contributed by atoms with Gasteiger partial charge in [0.15, 0.2) is 0 Å². The minimum Gasteiger partial charge on any atom is -0.506 e. The highest BCUT2D eigenvalue weighted by molar-refractivity contribution is 9.10. The van der Waals surface area contributed by atoms with Gasteiger partial charge < -0.3 is 5.11 Å². The molecule has 84 valence electrons. The van der Waals surface area contributed by atoms with E-state index >= 15 is 0 Å². The number of alkyl halides is 2. The molecular formula is C10H12BrF2NO. The summed E-state index contributed by atoms with van der Waals surface area (Å²) < 4.78 is 24.7. The standard InChI is InChI=1S/C10H12BrF2NO/c1-14(6-9(12)13)5-7-3-2-4-8(11)10(7)15/h2-4,9,15H,5-6H2,1H3. The Balaban J connectivity index is 2.68. The highest BCUT2D eigenvalue weighted by Crippen LogP contribution is 2.28. The van der Waals surface area contributed by atoms with Gasteiger partial charge in [-0.1, -0.05) is 12.1 Å². The Morgan fingerprint density at radius 1 is 1.47 bits per heavy atom. The lowest BCUT2D eigenvalue weighted by atomic mass is 10.2. The zero-order valence-corrected chi connectivity index (χ0v) is 9.84. The van der Waals surface area contributed by atoms with E-state index < -0.39 is 6.43 Å². The maximum absolute atomic E-state index is 12.1. The lowest BCUT2D eigenvalue weighted by Crippen LogP contribution is -2.24. The summed E-state index contributed by atoms with van der Waals surface area (Å²) >= 11 is 3.17. The molecule has 0 aliphatic rings. The Morgan fingerprint density at radius 3 is 2.73 bits per heavy atom. The van der Waals surface area contributed by atoms with Crippen LogP contribution in [0.4, 0.5) is 8.78 Å². The van der Waals surface area contributed by atoms with E-state index in [4.69, 9.17) is 0 Å². The number of para-hydroxylation sites is 1. The molecule has 0 aromatic heterocycles. The topological polar surface area (TPSA) is 23.5 Å². The van der Waals surface area contributed by atoms with Crippen molar-refractivity contribution < 1.29 is 13.9 Å². The largest absolute Gasteiger partial charge is 0.506 e. The van der Waals surface area contributed by atoms with Crippen LogP contribution in [0.25, 0.3) is 0 Å². The van der Waals surface area contributed by atoms with Crippen molar-refractivity contribution in [1.82, 2.24) is 4.90 Å². The first-order chi connectivity index (χ1) is 7.00. The van der Waals surface area contributed by atoms with Gasteiger partial charge in [0.1, 0.15) is 5.75 Å². The van der Waals surface area contributed by atoms with E-state index in [1.165, 1.54) is 4.90 Å². The van der Waals surface area contributed by atoms with Crippen LogP contribution in [-0.4, -0.2) is 30.0 Å². The molecule has 0 aliphatic carbocycles. The molecule has 0 atom stereocenters. The van der Waals surface area contributed by atoms with Gasteiger partial charge in [0, 0.05) is 12.1 Å². The van der Waals surface area contributed by atoms with Gasteiger partial charge in [0.05, 0.1) is 11.0 Å². The van der Waals surface area contributed by atoms with E-state index in [-0.39, 0.29) is 12.3 Å².